The predicted octanol–water partition coefficient (Wildman–Crippen LogP) is 2.62. The molecule has 16 heavy (non-hydrogen) atoms. The van der Waals surface area contributed by atoms with Gasteiger partial charge in [-0.05, 0) is 59.7 Å². The molecule has 0 amide bonds. The van der Waals surface area contributed by atoms with E-state index in [0.29, 0.717) is 12.3 Å². The van der Waals surface area contributed by atoms with Crippen LogP contribution in [-0.4, -0.2) is 17.6 Å². The molecule has 0 saturated carbocycles. The van der Waals surface area contributed by atoms with Gasteiger partial charge in [0.15, 0.2) is 0 Å². The van der Waals surface area contributed by atoms with Crippen molar-refractivity contribution >= 4 is 34.1 Å². The minimum Gasteiger partial charge on any atom is -0.409 e. The van der Waals surface area contributed by atoms with Crippen LogP contribution in [0.25, 0.3) is 0 Å². The molecule has 0 bridgehead atoms. The largest absolute Gasteiger partial charge is 0.409 e. The number of hydrogen-bond acceptors (Lipinski definition) is 3. The Hall–Kier alpha value is -0.980. The first-order valence-electron chi connectivity index (χ1n) is 5.18. The second kappa shape index (κ2) is 7.32. The molecule has 0 aliphatic heterocycles. The molecule has 1 rings (SSSR count). The van der Waals surface area contributed by atoms with Gasteiger partial charge in [-0.1, -0.05) is 5.16 Å². The standard InChI is InChI=1S/C11H16IN3O/c12-9-4-6-10(7-5-9)14-8-2-1-3-11(13)15-16/h4-7,14,16H,1-3,8H2,(H2,13,15). The lowest BCUT2D eigenvalue weighted by Gasteiger charge is -2.05. The molecule has 0 radical (unpaired) electrons. The molecule has 1 aromatic rings. The Morgan fingerprint density at radius 2 is 2.00 bits per heavy atom. The van der Waals surface area contributed by atoms with Crippen LogP contribution >= 0.6 is 22.6 Å². The number of amidine groups is 1. The van der Waals surface area contributed by atoms with E-state index in [1.807, 2.05) is 0 Å². The first-order chi connectivity index (χ1) is 7.72. The minimum absolute atomic E-state index is 0.300. The zero-order valence-electron chi connectivity index (χ0n) is 8.99. The topological polar surface area (TPSA) is 70.6 Å². The van der Waals surface area contributed by atoms with E-state index < -0.39 is 0 Å². The zero-order chi connectivity index (χ0) is 11.8. The van der Waals surface area contributed by atoms with Gasteiger partial charge in [0.2, 0.25) is 0 Å². The molecule has 4 N–H and O–H groups in total. The maximum atomic E-state index is 8.34. The second-order valence-electron chi connectivity index (χ2n) is 3.48. The van der Waals surface area contributed by atoms with Crippen molar-refractivity contribution in [1.82, 2.24) is 0 Å². The van der Waals surface area contributed by atoms with Crippen LogP contribution < -0.4 is 11.1 Å². The highest BCUT2D eigenvalue weighted by Crippen LogP contribution is 2.11. The summed E-state index contributed by atoms with van der Waals surface area (Å²) in [6.07, 6.45) is 2.57. The highest BCUT2D eigenvalue weighted by atomic mass is 127. The average Bonchev–Trinajstić information content (AvgIpc) is 2.31. The molecule has 4 nitrogen and oxygen atoms in total. The molecule has 0 spiro atoms. The van der Waals surface area contributed by atoms with Gasteiger partial charge < -0.3 is 16.3 Å². The van der Waals surface area contributed by atoms with E-state index in [2.05, 4.69) is 57.3 Å². The molecule has 0 aromatic heterocycles. The van der Waals surface area contributed by atoms with Gasteiger partial charge in [-0.2, -0.15) is 0 Å². The van der Waals surface area contributed by atoms with Gasteiger partial charge >= 0.3 is 0 Å². The van der Waals surface area contributed by atoms with Crippen LogP contribution in [0.1, 0.15) is 19.3 Å². The zero-order valence-corrected chi connectivity index (χ0v) is 11.1. The molecule has 88 valence electrons. The Bertz CT molecular complexity index is 338. The maximum absolute atomic E-state index is 8.34. The molecule has 0 heterocycles. The van der Waals surface area contributed by atoms with Gasteiger partial charge in [-0.3, -0.25) is 0 Å². The normalized spacial score (nSPS) is 11.4. The molecule has 0 aliphatic carbocycles. The molecule has 1 aromatic carbocycles. The predicted molar refractivity (Wildman–Crippen MR) is 74.9 cm³/mol. The van der Waals surface area contributed by atoms with Crippen molar-refractivity contribution in [2.45, 2.75) is 19.3 Å². The number of nitrogens with zero attached hydrogens (tertiary/aromatic N) is 1. The van der Waals surface area contributed by atoms with Gasteiger partial charge in [-0.15, -0.1) is 0 Å². The van der Waals surface area contributed by atoms with Gasteiger partial charge in [0.25, 0.3) is 0 Å². The fraction of sp³-hybridized carbons (Fsp3) is 0.364. The van der Waals surface area contributed by atoms with Crippen LogP contribution in [0.3, 0.4) is 0 Å². The summed E-state index contributed by atoms with van der Waals surface area (Å²) in [5.41, 5.74) is 6.49. The Morgan fingerprint density at radius 1 is 1.31 bits per heavy atom. The summed E-state index contributed by atoms with van der Waals surface area (Å²) in [5, 5.41) is 14.6. The molecule has 0 saturated heterocycles. The Morgan fingerprint density at radius 3 is 2.62 bits per heavy atom. The molecular weight excluding hydrogens is 317 g/mol. The van der Waals surface area contributed by atoms with Gasteiger partial charge in [0.1, 0.15) is 5.84 Å². The maximum Gasteiger partial charge on any atom is 0.139 e. The SMILES string of the molecule is NC(CCCCNc1ccc(I)cc1)=NO. The number of halogens is 1. The summed E-state index contributed by atoms with van der Waals surface area (Å²) in [4.78, 5) is 0. The third kappa shape index (κ3) is 5.20. The number of oxime groups is 1. The Labute approximate surface area is 109 Å². The fourth-order valence-electron chi connectivity index (χ4n) is 1.28. The van der Waals surface area contributed by atoms with Gasteiger partial charge in [-0.25, -0.2) is 0 Å². The minimum atomic E-state index is 0.300. The molecule has 0 fully saturated rings. The third-order valence-corrected chi connectivity index (χ3v) is 2.88. The lowest BCUT2D eigenvalue weighted by atomic mass is 10.2. The van der Waals surface area contributed by atoms with Crippen LogP contribution in [0.15, 0.2) is 29.4 Å². The summed E-state index contributed by atoms with van der Waals surface area (Å²) in [6, 6.07) is 8.26. The van der Waals surface area contributed by atoms with Gasteiger partial charge in [0.05, 0.1) is 0 Å². The van der Waals surface area contributed by atoms with Crippen molar-refractivity contribution in [2.75, 3.05) is 11.9 Å². The van der Waals surface area contributed by atoms with Gasteiger partial charge in [0, 0.05) is 22.2 Å². The van der Waals surface area contributed by atoms with E-state index in [9.17, 15) is 0 Å². The van der Waals surface area contributed by atoms with Crippen LogP contribution in [0, 0.1) is 3.57 Å². The summed E-state index contributed by atoms with van der Waals surface area (Å²) >= 11 is 2.28. The van der Waals surface area contributed by atoms with E-state index in [1.54, 1.807) is 0 Å². The van der Waals surface area contributed by atoms with Crippen LogP contribution in [0.5, 0.6) is 0 Å². The van der Waals surface area contributed by atoms with Crippen molar-refractivity contribution < 1.29 is 5.21 Å². The molecule has 0 aliphatic rings. The number of anilines is 1. The average molecular weight is 333 g/mol. The highest BCUT2D eigenvalue weighted by Gasteiger charge is 1.94. The summed E-state index contributed by atoms with van der Waals surface area (Å²) < 4.78 is 1.23. The number of benzene rings is 1. The summed E-state index contributed by atoms with van der Waals surface area (Å²) in [5.74, 6) is 0.300. The summed E-state index contributed by atoms with van der Waals surface area (Å²) in [7, 11) is 0. The van der Waals surface area contributed by atoms with Crippen molar-refractivity contribution in [3.8, 4) is 0 Å². The number of nitrogens with two attached hydrogens (primary N) is 1. The van der Waals surface area contributed by atoms with Crippen LogP contribution in [-0.2, 0) is 0 Å². The van der Waals surface area contributed by atoms with E-state index in [-0.39, 0.29) is 0 Å². The lowest BCUT2D eigenvalue weighted by molar-refractivity contribution is 0.316. The number of unbranched alkanes of at least 4 members (excludes halogenated alkanes) is 1. The first-order valence-corrected chi connectivity index (χ1v) is 6.26. The van der Waals surface area contributed by atoms with E-state index in [4.69, 9.17) is 10.9 Å². The summed E-state index contributed by atoms with van der Waals surface area (Å²) in [6.45, 7) is 0.902. The molecular formula is C11H16IN3O. The van der Waals surface area contributed by atoms with E-state index in [0.717, 1.165) is 25.1 Å². The Balaban J connectivity index is 2.14. The van der Waals surface area contributed by atoms with Crippen molar-refractivity contribution in [2.24, 2.45) is 10.9 Å². The second-order valence-corrected chi connectivity index (χ2v) is 4.73. The molecule has 0 atom stereocenters. The van der Waals surface area contributed by atoms with Crippen molar-refractivity contribution in [3.05, 3.63) is 27.8 Å². The van der Waals surface area contributed by atoms with Crippen LogP contribution in [0.2, 0.25) is 0 Å². The Kier molecular flexibility index (Phi) is 5.99. The number of hydrogen-bond donors (Lipinski definition) is 3. The van der Waals surface area contributed by atoms with Crippen molar-refractivity contribution in [3.63, 3.8) is 0 Å². The molecule has 0 unspecified atom stereocenters. The highest BCUT2D eigenvalue weighted by molar-refractivity contribution is 14.1. The quantitative estimate of drug-likeness (QED) is 0.187. The number of nitrogens with one attached hydrogen (secondary N) is 1. The van der Waals surface area contributed by atoms with E-state index in [1.165, 1.54) is 3.57 Å². The monoisotopic (exact) mass is 333 g/mol. The lowest BCUT2D eigenvalue weighted by Crippen LogP contribution is -2.11. The first kappa shape index (κ1) is 13.1. The smallest absolute Gasteiger partial charge is 0.139 e. The van der Waals surface area contributed by atoms with E-state index >= 15 is 0 Å². The number of rotatable bonds is 6. The van der Waals surface area contributed by atoms with Crippen molar-refractivity contribution in [1.29, 1.82) is 0 Å². The molecule has 5 heteroatoms. The third-order valence-electron chi connectivity index (χ3n) is 2.16. The fourth-order valence-corrected chi connectivity index (χ4v) is 1.64. The van der Waals surface area contributed by atoms with Crippen LogP contribution in [0.4, 0.5) is 5.69 Å².